The third kappa shape index (κ3) is 7.14. The summed E-state index contributed by atoms with van der Waals surface area (Å²) in [6, 6.07) is 16.2. The highest BCUT2D eigenvalue weighted by molar-refractivity contribution is 7.17. The third-order valence-corrected chi connectivity index (χ3v) is 6.22. The third-order valence-electron chi connectivity index (χ3n) is 5.23. The van der Waals surface area contributed by atoms with Crippen LogP contribution < -0.4 is 0 Å². The van der Waals surface area contributed by atoms with Crippen molar-refractivity contribution >= 4 is 34.2 Å². The average Bonchev–Trinajstić information content (AvgIpc) is 3.51. The van der Waals surface area contributed by atoms with Gasteiger partial charge in [-0.2, -0.15) is 13.2 Å². The summed E-state index contributed by atoms with van der Waals surface area (Å²) >= 11 is 1.35. The van der Waals surface area contributed by atoms with Gasteiger partial charge in [0.1, 0.15) is 15.6 Å². The maximum atomic E-state index is 12.9. The zero-order valence-electron chi connectivity index (χ0n) is 20.3. The van der Waals surface area contributed by atoms with Gasteiger partial charge in [0.2, 0.25) is 0 Å². The Morgan fingerprint density at radius 2 is 1.73 bits per heavy atom. The van der Waals surface area contributed by atoms with Crippen molar-refractivity contribution in [2.75, 3.05) is 33.7 Å². The second-order valence-corrected chi connectivity index (χ2v) is 9.16. The minimum atomic E-state index is -5.08. The van der Waals surface area contributed by atoms with Gasteiger partial charge in [-0.05, 0) is 44.3 Å². The topological polar surface area (TPSA) is 99.8 Å². The molecule has 4 rings (SSSR count). The van der Waals surface area contributed by atoms with E-state index in [9.17, 15) is 18.0 Å². The number of aliphatic carboxylic acids is 1. The zero-order chi connectivity index (χ0) is 27.2. The van der Waals surface area contributed by atoms with Crippen molar-refractivity contribution in [3.05, 3.63) is 59.6 Å². The van der Waals surface area contributed by atoms with E-state index in [1.54, 1.807) is 6.20 Å². The highest BCUT2D eigenvalue weighted by Crippen LogP contribution is 2.33. The molecule has 0 aliphatic carbocycles. The normalized spacial score (nSPS) is 11.3. The Hall–Kier alpha value is -3.77. The predicted octanol–water partition coefficient (Wildman–Crippen LogP) is 5.28. The summed E-state index contributed by atoms with van der Waals surface area (Å²) in [5.41, 5.74) is 3.57. The van der Waals surface area contributed by atoms with Crippen LogP contribution in [0.25, 0.3) is 32.8 Å². The molecule has 0 aliphatic rings. The molecular formula is C25H25F3N4O4S. The molecule has 0 unspecified atom stereocenters. The molecule has 0 fully saturated rings. The quantitative estimate of drug-likeness (QED) is 0.345. The van der Waals surface area contributed by atoms with Gasteiger partial charge in [0.25, 0.3) is 5.91 Å². The fourth-order valence-corrected chi connectivity index (χ4v) is 4.14. The van der Waals surface area contributed by atoms with Crippen molar-refractivity contribution < 1.29 is 32.4 Å². The number of carbonyl (C=O) groups is 2. The molecule has 0 saturated heterocycles. The molecule has 0 bridgehead atoms. The smallest absolute Gasteiger partial charge is 0.475 e. The van der Waals surface area contributed by atoms with Crippen LogP contribution in [0.2, 0.25) is 0 Å². The Kier molecular flexibility index (Phi) is 9.00. The molecule has 0 spiro atoms. The molecular weight excluding hydrogens is 509 g/mol. The van der Waals surface area contributed by atoms with Crippen LogP contribution in [0.15, 0.2) is 59.3 Å². The van der Waals surface area contributed by atoms with Gasteiger partial charge in [0, 0.05) is 19.6 Å². The summed E-state index contributed by atoms with van der Waals surface area (Å²) in [6.45, 7) is 4.16. The average molecular weight is 535 g/mol. The molecule has 37 heavy (non-hydrogen) atoms. The number of carbonyl (C=O) groups excluding carboxylic acids is 1. The molecule has 1 amide bonds. The molecule has 0 atom stereocenters. The van der Waals surface area contributed by atoms with Gasteiger partial charge in [-0.3, -0.25) is 4.79 Å². The van der Waals surface area contributed by atoms with E-state index in [1.807, 2.05) is 56.3 Å². The van der Waals surface area contributed by atoms with Crippen LogP contribution >= 0.6 is 11.3 Å². The largest absolute Gasteiger partial charge is 0.490 e. The lowest BCUT2D eigenvalue weighted by Gasteiger charge is -2.21. The molecule has 4 aromatic rings. The number of hydrogen-bond acceptors (Lipinski definition) is 7. The summed E-state index contributed by atoms with van der Waals surface area (Å²) in [7, 11) is 4.00. The van der Waals surface area contributed by atoms with E-state index >= 15 is 0 Å². The van der Waals surface area contributed by atoms with Crippen LogP contribution in [-0.2, 0) is 4.79 Å². The van der Waals surface area contributed by atoms with Gasteiger partial charge in [0.15, 0.2) is 5.58 Å². The molecule has 2 aromatic heterocycles. The number of carboxylic acids is 1. The lowest BCUT2D eigenvalue weighted by molar-refractivity contribution is -0.192. The Labute approximate surface area is 214 Å². The number of halogens is 3. The van der Waals surface area contributed by atoms with Crippen molar-refractivity contribution in [3.8, 4) is 21.8 Å². The highest BCUT2D eigenvalue weighted by Gasteiger charge is 2.38. The van der Waals surface area contributed by atoms with Gasteiger partial charge < -0.3 is 19.4 Å². The molecule has 0 aliphatic heterocycles. The summed E-state index contributed by atoms with van der Waals surface area (Å²) in [5.74, 6) is -2.75. The molecule has 2 heterocycles. The van der Waals surface area contributed by atoms with Crippen molar-refractivity contribution in [1.82, 2.24) is 19.9 Å². The van der Waals surface area contributed by atoms with Crippen molar-refractivity contribution in [2.45, 2.75) is 13.1 Å². The van der Waals surface area contributed by atoms with Crippen molar-refractivity contribution in [1.29, 1.82) is 0 Å². The maximum absolute atomic E-state index is 12.9. The predicted molar refractivity (Wildman–Crippen MR) is 134 cm³/mol. The Morgan fingerprint density at radius 3 is 2.32 bits per heavy atom. The Balaban J connectivity index is 0.000000479. The first-order valence-corrected chi connectivity index (χ1v) is 12.0. The van der Waals surface area contributed by atoms with E-state index < -0.39 is 12.1 Å². The summed E-state index contributed by atoms with van der Waals surface area (Å²) in [5, 5.41) is 12.9. The van der Waals surface area contributed by atoms with Gasteiger partial charge in [0.05, 0.1) is 11.6 Å². The fourth-order valence-electron chi connectivity index (χ4n) is 3.26. The first kappa shape index (κ1) is 27.8. The van der Waals surface area contributed by atoms with Crippen molar-refractivity contribution in [3.63, 3.8) is 0 Å². The van der Waals surface area contributed by atoms with E-state index in [4.69, 9.17) is 14.4 Å². The first-order chi connectivity index (χ1) is 17.5. The molecule has 196 valence electrons. The number of carboxylic acid groups (broad SMARTS) is 1. The number of thiazole rings is 1. The second-order valence-electron chi connectivity index (χ2n) is 8.13. The molecule has 12 heteroatoms. The molecule has 8 nitrogen and oxygen atoms in total. The number of nitrogens with zero attached hydrogens (tertiary/aromatic N) is 4. The van der Waals surface area contributed by atoms with E-state index in [2.05, 4.69) is 33.2 Å². The lowest BCUT2D eigenvalue weighted by atomic mass is 10.0. The fraction of sp³-hybridized carbons (Fsp3) is 0.280. The van der Waals surface area contributed by atoms with Gasteiger partial charge in [-0.25, -0.2) is 9.78 Å². The highest BCUT2D eigenvalue weighted by atomic mass is 32.1. The van der Waals surface area contributed by atoms with Crippen LogP contribution in [0, 0.1) is 0 Å². The first-order valence-electron chi connectivity index (χ1n) is 11.2. The van der Waals surface area contributed by atoms with E-state index in [1.165, 1.54) is 11.3 Å². The standard InChI is InChI=1S/C23H24N4O2S.C2HF3O2/c1-4-27(13-12-26(2)3)23(28)20-15-24-22(30-20)21-18-11-10-17(14-19(18)29-25-21)16-8-6-5-7-9-16;3-2(4,5)1(6)7/h5-11,14-15H,4,12-13H2,1-3H3;(H,6,7). The van der Waals surface area contributed by atoms with E-state index in [0.29, 0.717) is 34.3 Å². The minimum Gasteiger partial charge on any atom is -0.475 e. The van der Waals surface area contributed by atoms with Gasteiger partial charge in [-0.1, -0.05) is 41.6 Å². The second kappa shape index (κ2) is 12.0. The summed E-state index contributed by atoms with van der Waals surface area (Å²) in [6.07, 6.45) is -3.44. The van der Waals surface area contributed by atoms with Gasteiger partial charge in [-0.15, -0.1) is 11.3 Å². The summed E-state index contributed by atoms with van der Waals surface area (Å²) in [4.78, 5) is 30.7. The van der Waals surface area contributed by atoms with Crippen LogP contribution in [0.1, 0.15) is 16.6 Å². The van der Waals surface area contributed by atoms with Gasteiger partial charge >= 0.3 is 12.1 Å². The minimum absolute atomic E-state index is 0.00210. The van der Waals surface area contributed by atoms with E-state index in [0.717, 1.165) is 23.1 Å². The molecule has 0 radical (unpaired) electrons. The van der Waals surface area contributed by atoms with Crippen LogP contribution in [-0.4, -0.2) is 76.8 Å². The number of amides is 1. The number of alkyl halides is 3. The Morgan fingerprint density at radius 1 is 1.05 bits per heavy atom. The number of likely N-dealkylation sites (N-methyl/N-ethyl adjacent to an activating group) is 2. The monoisotopic (exact) mass is 534 g/mol. The number of hydrogen-bond donors (Lipinski definition) is 1. The van der Waals surface area contributed by atoms with Crippen molar-refractivity contribution in [2.24, 2.45) is 0 Å². The van der Waals surface area contributed by atoms with Crippen LogP contribution in [0.4, 0.5) is 13.2 Å². The number of benzene rings is 2. The Bertz CT molecular complexity index is 1350. The maximum Gasteiger partial charge on any atom is 0.490 e. The summed E-state index contributed by atoms with van der Waals surface area (Å²) < 4.78 is 37.3. The lowest BCUT2D eigenvalue weighted by Crippen LogP contribution is -2.36. The molecule has 0 saturated carbocycles. The zero-order valence-corrected chi connectivity index (χ0v) is 21.1. The number of rotatable bonds is 7. The van der Waals surface area contributed by atoms with Crippen LogP contribution in [0.5, 0.6) is 0 Å². The molecule has 2 aromatic carbocycles. The number of aromatic nitrogens is 2. The SMILES string of the molecule is CCN(CCN(C)C)C(=O)c1cnc(-c2noc3cc(-c4ccccc4)ccc23)s1.O=C(O)C(F)(F)F. The van der Waals surface area contributed by atoms with E-state index in [-0.39, 0.29) is 5.91 Å². The van der Waals surface area contributed by atoms with Crippen LogP contribution in [0.3, 0.4) is 0 Å². The number of fused-ring (bicyclic) bond motifs is 1. The molecule has 1 N–H and O–H groups in total.